The molecule has 2 N–H and O–H groups in total. The average Bonchev–Trinajstić information content (AvgIpc) is 3.97. The molecule has 1 aliphatic carbocycles. The molecule has 5 aliphatic rings. The van der Waals surface area contributed by atoms with Crippen LogP contribution in [0.2, 0.25) is 0 Å². The summed E-state index contributed by atoms with van der Waals surface area (Å²) in [6.45, 7) is 9.44. The molecule has 58 heavy (non-hydrogen) atoms. The van der Waals surface area contributed by atoms with Crippen LogP contribution in [0.5, 0.6) is 0 Å². The normalized spacial score (nSPS) is 21.7. The van der Waals surface area contributed by atoms with Crippen LogP contribution in [0.3, 0.4) is 0 Å². The van der Waals surface area contributed by atoms with Crippen LogP contribution in [0.25, 0.3) is 11.0 Å². The number of benzene rings is 1. The number of anilines is 4. The van der Waals surface area contributed by atoms with Crippen LogP contribution < -0.4 is 26.0 Å². The lowest BCUT2D eigenvalue weighted by Crippen LogP contribution is -2.54. The molecular formula is C42H46N10O6. The van der Waals surface area contributed by atoms with Crippen LogP contribution in [0, 0.1) is 12.8 Å². The molecule has 7 heterocycles. The number of aryl methyl sites for hydroxylation is 1. The van der Waals surface area contributed by atoms with E-state index >= 15 is 0 Å². The van der Waals surface area contributed by atoms with Crippen LogP contribution in [-0.4, -0.2) is 111 Å². The number of carbonyl (C=O) groups excluding carboxylic acids is 5. The largest absolute Gasteiger partial charge is 0.371 e. The number of imide groups is 2. The number of nitrogens with one attached hydrogen (secondary N) is 2. The first kappa shape index (κ1) is 37.5. The highest BCUT2D eigenvalue weighted by atomic mass is 16.2. The summed E-state index contributed by atoms with van der Waals surface area (Å²) < 4.78 is 1.71. The molecule has 1 unspecified atom stereocenters. The second kappa shape index (κ2) is 15.0. The summed E-state index contributed by atoms with van der Waals surface area (Å²) in [6, 6.07) is 8.31. The number of hydrogen-bond donors (Lipinski definition) is 2. The zero-order chi connectivity index (χ0) is 40.2. The predicted molar refractivity (Wildman–Crippen MR) is 216 cm³/mol. The van der Waals surface area contributed by atoms with E-state index in [0.29, 0.717) is 45.4 Å². The lowest BCUT2D eigenvalue weighted by Gasteiger charge is -2.37. The lowest BCUT2D eigenvalue weighted by atomic mass is 10.0. The Balaban J connectivity index is 0.794. The van der Waals surface area contributed by atoms with Crippen molar-refractivity contribution < 1.29 is 24.0 Å². The minimum atomic E-state index is -0.978. The lowest BCUT2D eigenvalue weighted by molar-refractivity contribution is -0.136. The van der Waals surface area contributed by atoms with Crippen LogP contribution in [-0.2, 0) is 9.59 Å². The Labute approximate surface area is 334 Å². The zero-order valence-electron chi connectivity index (χ0n) is 32.7. The molecule has 4 aromatic rings. The molecule has 9 rings (SSSR count). The van der Waals surface area contributed by atoms with E-state index < -0.39 is 29.7 Å². The van der Waals surface area contributed by atoms with E-state index in [1.807, 2.05) is 24.4 Å². The van der Waals surface area contributed by atoms with Gasteiger partial charge in [0.1, 0.15) is 17.5 Å². The maximum atomic E-state index is 13.6. The van der Waals surface area contributed by atoms with Crippen molar-refractivity contribution in [2.45, 2.75) is 70.9 Å². The van der Waals surface area contributed by atoms with Gasteiger partial charge < -0.3 is 15.1 Å². The number of pyridine rings is 2. The van der Waals surface area contributed by atoms with Gasteiger partial charge >= 0.3 is 0 Å². The van der Waals surface area contributed by atoms with Crippen LogP contribution in [0.15, 0.2) is 47.5 Å². The van der Waals surface area contributed by atoms with Gasteiger partial charge in [0, 0.05) is 75.5 Å². The number of ketones is 1. The van der Waals surface area contributed by atoms with Gasteiger partial charge in [-0.1, -0.05) is 12.8 Å². The van der Waals surface area contributed by atoms with Gasteiger partial charge in [-0.3, -0.25) is 48.5 Å². The fourth-order valence-electron chi connectivity index (χ4n) is 9.50. The molecule has 3 aromatic heterocycles. The van der Waals surface area contributed by atoms with Gasteiger partial charge in [-0.25, -0.2) is 9.97 Å². The molecule has 16 nitrogen and oxygen atoms in total. The van der Waals surface area contributed by atoms with Gasteiger partial charge in [0.15, 0.2) is 5.78 Å². The predicted octanol–water partition coefficient (Wildman–Crippen LogP) is 3.61. The molecule has 0 radical (unpaired) electrons. The van der Waals surface area contributed by atoms with E-state index in [1.54, 1.807) is 29.8 Å². The molecule has 1 saturated carbocycles. The first-order valence-electron chi connectivity index (χ1n) is 20.3. The number of nitrogens with zero attached hydrogens (tertiary/aromatic N) is 8. The maximum Gasteiger partial charge on any atom is 0.263 e. The maximum absolute atomic E-state index is 13.6. The number of hydrogen-bond acceptors (Lipinski definition) is 13. The summed E-state index contributed by atoms with van der Waals surface area (Å²) in [5.41, 5.74) is 3.59. The molecule has 0 spiro atoms. The van der Waals surface area contributed by atoms with Crippen LogP contribution in [0.1, 0.15) is 94.5 Å². The number of aromatic nitrogens is 4. The molecule has 16 heteroatoms. The molecular weight excluding hydrogens is 741 g/mol. The number of fused-ring (bicyclic) bond motifs is 2. The van der Waals surface area contributed by atoms with Crippen molar-refractivity contribution in [2.24, 2.45) is 5.92 Å². The molecule has 3 saturated heterocycles. The van der Waals surface area contributed by atoms with Gasteiger partial charge in [0.25, 0.3) is 17.4 Å². The number of rotatable bonds is 9. The molecule has 4 aliphatic heterocycles. The monoisotopic (exact) mass is 786 g/mol. The van der Waals surface area contributed by atoms with Crippen molar-refractivity contribution in [2.75, 3.05) is 60.9 Å². The first-order valence-corrected chi connectivity index (χ1v) is 20.3. The van der Waals surface area contributed by atoms with E-state index in [4.69, 9.17) is 4.98 Å². The van der Waals surface area contributed by atoms with Gasteiger partial charge in [-0.15, -0.1) is 0 Å². The second-order valence-corrected chi connectivity index (χ2v) is 16.2. The third kappa shape index (κ3) is 6.78. The Kier molecular flexibility index (Phi) is 9.74. The Morgan fingerprint density at radius 2 is 1.60 bits per heavy atom. The number of carbonyl (C=O) groups is 5. The molecule has 4 amide bonds. The Morgan fingerprint density at radius 3 is 2.33 bits per heavy atom. The summed E-state index contributed by atoms with van der Waals surface area (Å²) in [4.78, 5) is 98.7. The Hall–Kier alpha value is -6.03. The summed E-state index contributed by atoms with van der Waals surface area (Å²) in [5.74, 6) is -0.855. The smallest absolute Gasteiger partial charge is 0.263 e. The van der Waals surface area contributed by atoms with Crippen LogP contribution >= 0.6 is 0 Å². The average molecular weight is 787 g/mol. The molecule has 1 aromatic carbocycles. The summed E-state index contributed by atoms with van der Waals surface area (Å²) in [6.07, 6.45) is 8.60. The third-order valence-electron chi connectivity index (χ3n) is 12.6. The number of Topliss-reactive ketones (excluding diaryl/α,β-unsaturated/α-hetero) is 1. The van der Waals surface area contributed by atoms with Crippen molar-refractivity contribution in [3.63, 3.8) is 0 Å². The van der Waals surface area contributed by atoms with Crippen molar-refractivity contribution in [1.82, 2.24) is 34.6 Å². The molecule has 2 atom stereocenters. The van der Waals surface area contributed by atoms with Gasteiger partial charge in [-0.2, -0.15) is 4.98 Å². The van der Waals surface area contributed by atoms with E-state index in [-0.39, 0.29) is 35.8 Å². The topological polar surface area (TPSA) is 183 Å². The van der Waals surface area contributed by atoms with Gasteiger partial charge in [0.05, 0.1) is 28.6 Å². The highest BCUT2D eigenvalue weighted by Gasteiger charge is 2.45. The van der Waals surface area contributed by atoms with E-state index in [1.165, 1.54) is 6.92 Å². The molecule has 0 bridgehead atoms. The van der Waals surface area contributed by atoms with Gasteiger partial charge in [0.2, 0.25) is 17.8 Å². The first-order chi connectivity index (χ1) is 28.0. The van der Waals surface area contributed by atoms with E-state index in [0.717, 1.165) is 94.2 Å². The fourth-order valence-corrected chi connectivity index (χ4v) is 9.50. The Bertz CT molecular complexity index is 2420. The standard InChI is InChI=1S/C42H46N10O6/c1-24-32-21-44-42(47-37(32)51(27-5-3-4-6-27)41(58)36(24)25(2)53)45-34-11-8-29(20-43-34)49-17-15-48(16-18-49)22-26-13-14-50(23-26)28-7-9-30-31(19-28)40(57)52(39(30)56)33-10-12-35(54)46-38(33)55/h7-9,11,19-21,26-27,33H,3-6,10,12-18,22-23H2,1-2H3,(H,46,54,55)(H,43,44,45,47)/t26-,33?/m0/s1. The molecule has 300 valence electrons. The Morgan fingerprint density at radius 1 is 0.845 bits per heavy atom. The number of amides is 4. The van der Waals surface area contributed by atoms with Crippen LogP contribution in [0.4, 0.5) is 23.1 Å². The molecule has 4 fully saturated rings. The van der Waals surface area contributed by atoms with E-state index in [9.17, 15) is 28.8 Å². The van der Waals surface area contributed by atoms with Crippen molar-refractivity contribution >= 4 is 63.6 Å². The number of piperidine rings is 1. The highest BCUT2D eigenvalue weighted by Crippen LogP contribution is 2.34. The van der Waals surface area contributed by atoms with Crippen molar-refractivity contribution in [1.29, 1.82) is 0 Å². The highest BCUT2D eigenvalue weighted by molar-refractivity contribution is 6.23. The van der Waals surface area contributed by atoms with Gasteiger partial charge in [-0.05, 0) is 81.3 Å². The summed E-state index contributed by atoms with van der Waals surface area (Å²) in [5, 5.41) is 6.16. The van der Waals surface area contributed by atoms with Crippen molar-refractivity contribution in [3.05, 3.63) is 75.3 Å². The minimum absolute atomic E-state index is 0.00251. The van der Waals surface area contributed by atoms with Crippen molar-refractivity contribution in [3.8, 4) is 0 Å². The minimum Gasteiger partial charge on any atom is -0.371 e. The summed E-state index contributed by atoms with van der Waals surface area (Å²) >= 11 is 0. The third-order valence-corrected chi connectivity index (χ3v) is 12.6. The second-order valence-electron chi connectivity index (χ2n) is 16.2. The fraction of sp³-hybridized carbons (Fsp3) is 0.452. The quantitative estimate of drug-likeness (QED) is 0.186. The number of piperazine rings is 1. The zero-order valence-corrected chi connectivity index (χ0v) is 32.7. The SMILES string of the molecule is CC(=O)c1c(C)c2cnc(Nc3ccc(N4CCN(C[C@@H]5CCN(c6ccc7c(c6)C(=O)N(C6CCC(=O)NC6=O)C7=O)C5)CC4)cn3)nc2n(C2CCCC2)c1=O. The summed E-state index contributed by atoms with van der Waals surface area (Å²) in [7, 11) is 0. The van der Waals surface area contributed by atoms with E-state index in [2.05, 4.69) is 35.3 Å².